The van der Waals surface area contributed by atoms with Crippen LogP contribution in [0.5, 0.6) is 0 Å². The number of piperidine rings is 1. The number of ether oxygens (including phenoxy) is 1. The molecular formula is C14H26N2O4. The number of methoxy groups -OCH3 is 1. The molecule has 0 spiro atoms. The van der Waals surface area contributed by atoms with Crippen molar-refractivity contribution in [3.8, 4) is 0 Å². The van der Waals surface area contributed by atoms with Crippen molar-refractivity contribution in [3.63, 3.8) is 0 Å². The Morgan fingerprint density at radius 1 is 1.35 bits per heavy atom. The number of nitrogens with one attached hydrogen (secondary N) is 2. The van der Waals surface area contributed by atoms with Gasteiger partial charge in [-0.15, -0.1) is 0 Å². The lowest BCUT2D eigenvalue weighted by Crippen LogP contribution is -2.57. The summed E-state index contributed by atoms with van der Waals surface area (Å²) in [5.41, 5.74) is -1.17. The lowest BCUT2D eigenvalue weighted by atomic mass is 9.77. The van der Waals surface area contributed by atoms with E-state index in [0.717, 1.165) is 13.1 Å². The van der Waals surface area contributed by atoms with Gasteiger partial charge in [0.05, 0.1) is 12.0 Å². The fourth-order valence-electron chi connectivity index (χ4n) is 2.55. The van der Waals surface area contributed by atoms with E-state index in [0.29, 0.717) is 19.4 Å². The Balaban J connectivity index is 2.87. The first-order valence-corrected chi connectivity index (χ1v) is 6.96. The Kier molecular flexibility index (Phi) is 5.53. The fraction of sp³-hybridized carbons (Fsp3) is 0.857. The highest BCUT2D eigenvalue weighted by atomic mass is 16.5. The lowest BCUT2D eigenvalue weighted by Gasteiger charge is -2.38. The van der Waals surface area contributed by atoms with Gasteiger partial charge in [-0.3, -0.25) is 4.79 Å². The number of aliphatic carboxylic acids is 1. The minimum Gasteiger partial charge on any atom is -0.480 e. The van der Waals surface area contributed by atoms with E-state index in [4.69, 9.17) is 4.74 Å². The molecule has 3 N–H and O–H groups in total. The molecule has 6 heteroatoms. The van der Waals surface area contributed by atoms with Crippen LogP contribution >= 0.6 is 0 Å². The molecule has 116 valence electrons. The highest BCUT2D eigenvalue weighted by Gasteiger charge is 2.43. The van der Waals surface area contributed by atoms with Crippen LogP contribution in [0.15, 0.2) is 0 Å². The first-order valence-electron chi connectivity index (χ1n) is 6.96. The van der Waals surface area contributed by atoms with E-state index in [1.54, 1.807) is 27.9 Å². The lowest BCUT2D eigenvalue weighted by molar-refractivity contribution is -0.148. The van der Waals surface area contributed by atoms with E-state index >= 15 is 0 Å². The van der Waals surface area contributed by atoms with Gasteiger partial charge in [-0.2, -0.15) is 0 Å². The normalized spacial score (nSPS) is 20.2. The number of carboxylic acid groups (broad SMARTS) is 1. The standard InChI is InChI=1S/C14H26N2O4/c1-13(2,3)10(11(17)18)16-12(19)14(9-20-4)5-7-15-8-6-14/h10,15H,5-9H2,1-4H3,(H,16,19)(H,17,18)/t10-/m0/s1. The second kappa shape index (κ2) is 6.54. The van der Waals surface area contributed by atoms with E-state index < -0.39 is 22.8 Å². The van der Waals surface area contributed by atoms with E-state index in [1.165, 1.54) is 0 Å². The average Bonchev–Trinajstić information content (AvgIpc) is 2.35. The molecule has 1 amide bonds. The average molecular weight is 286 g/mol. The summed E-state index contributed by atoms with van der Waals surface area (Å²) in [7, 11) is 1.56. The van der Waals surface area contributed by atoms with Gasteiger partial charge in [0, 0.05) is 7.11 Å². The van der Waals surface area contributed by atoms with Crippen LogP contribution in [-0.2, 0) is 14.3 Å². The van der Waals surface area contributed by atoms with Gasteiger partial charge in [-0.05, 0) is 31.3 Å². The van der Waals surface area contributed by atoms with Gasteiger partial charge >= 0.3 is 5.97 Å². The molecule has 1 aliphatic rings. The SMILES string of the molecule is COCC1(C(=O)N[C@@H](C(=O)O)C(C)(C)C)CCNCC1. The Morgan fingerprint density at radius 3 is 2.30 bits per heavy atom. The fourth-order valence-corrected chi connectivity index (χ4v) is 2.55. The Labute approximate surface area is 120 Å². The smallest absolute Gasteiger partial charge is 0.326 e. The third-order valence-corrected chi connectivity index (χ3v) is 3.85. The maximum Gasteiger partial charge on any atom is 0.326 e. The summed E-state index contributed by atoms with van der Waals surface area (Å²) in [5.74, 6) is -1.23. The molecular weight excluding hydrogens is 260 g/mol. The number of amides is 1. The van der Waals surface area contributed by atoms with Crippen molar-refractivity contribution in [3.05, 3.63) is 0 Å². The van der Waals surface area contributed by atoms with Crippen molar-refractivity contribution in [1.82, 2.24) is 10.6 Å². The van der Waals surface area contributed by atoms with E-state index in [-0.39, 0.29) is 5.91 Å². The van der Waals surface area contributed by atoms with E-state index in [2.05, 4.69) is 10.6 Å². The van der Waals surface area contributed by atoms with Gasteiger partial charge in [-0.1, -0.05) is 20.8 Å². The molecule has 6 nitrogen and oxygen atoms in total. The second-order valence-corrected chi connectivity index (χ2v) is 6.57. The number of hydrogen-bond acceptors (Lipinski definition) is 4. The summed E-state index contributed by atoms with van der Waals surface area (Å²) in [5, 5.41) is 15.2. The largest absolute Gasteiger partial charge is 0.480 e. The predicted molar refractivity (Wildman–Crippen MR) is 75.4 cm³/mol. The number of hydrogen-bond donors (Lipinski definition) is 3. The maximum atomic E-state index is 12.6. The van der Waals surface area contributed by atoms with Gasteiger partial charge in [0.15, 0.2) is 0 Å². The minimum absolute atomic E-state index is 0.219. The van der Waals surface area contributed by atoms with Crippen molar-refractivity contribution < 1.29 is 19.4 Å². The highest BCUT2D eigenvalue weighted by molar-refractivity contribution is 5.88. The third kappa shape index (κ3) is 3.93. The van der Waals surface area contributed by atoms with Crippen molar-refractivity contribution in [1.29, 1.82) is 0 Å². The van der Waals surface area contributed by atoms with Crippen molar-refractivity contribution in [2.24, 2.45) is 10.8 Å². The van der Waals surface area contributed by atoms with Crippen LogP contribution in [0.3, 0.4) is 0 Å². The van der Waals surface area contributed by atoms with Gasteiger partial charge in [0.2, 0.25) is 5.91 Å². The van der Waals surface area contributed by atoms with Crippen LogP contribution in [-0.4, -0.2) is 49.8 Å². The van der Waals surface area contributed by atoms with Gasteiger partial charge in [0.25, 0.3) is 0 Å². The monoisotopic (exact) mass is 286 g/mol. The van der Waals surface area contributed by atoms with Crippen LogP contribution < -0.4 is 10.6 Å². The summed E-state index contributed by atoms with van der Waals surface area (Å²) < 4.78 is 5.20. The summed E-state index contributed by atoms with van der Waals surface area (Å²) in [6, 6.07) is -0.904. The molecule has 1 atom stereocenters. The summed E-state index contributed by atoms with van der Waals surface area (Å²) in [6.45, 7) is 7.21. The quantitative estimate of drug-likeness (QED) is 0.689. The molecule has 0 aliphatic carbocycles. The molecule has 1 rings (SSSR count). The summed E-state index contributed by atoms with van der Waals surface area (Å²) >= 11 is 0. The van der Waals surface area contributed by atoms with Crippen LogP contribution in [0.4, 0.5) is 0 Å². The van der Waals surface area contributed by atoms with Crippen LogP contribution in [0.25, 0.3) is 0 Å². The molecule has 20 heavy (non-hydrogen) atoms. The van der Waals surface area contributed by atoms with Gasteiger partial charge in [-0.25, -0.2) is 4.79 Å². The maximum absolute atomic E-state index is 12.6. The molecule has 1 fully saturated rings. The predicted octanol–water partition coefficient (Wildman–Crippen LogP) is 0.618. The number of rotatable bonds is 5. The molecule has 0 saturated carbocycles. The van der Waals surface area contributed by atoms with E-state index in [1.807, 2.05) is 0 Å². The highest BCUT2D eigenvalue weighted by Crippen LogP contribution is 2.30. The molecule has 0 bridgehead atoms. The number of carbonyl (C=O) groups is 2. The zero-order valence-electron chi connectivity index (χ0n) is 12.8. The molecule has 1 aliphatic heterocycles. The molecule has 0 aromatic carbocycles. The zero-order valence-corrected chi connectivity index (χ0v) is 12.8. The van der Waals surface area contributed by atoms with E-state index in [9.17, 15) is 14.7 Å². The summed E-state index contributed by atoms with van der Waals surface area (Å²) in [4.78, 5) is 24.0. The molecule has 0 aromatic heterocycles. The number of carbonyl (C=O) groups excluding carboxylic acids is 1. The van der Waals surface area contributed by atoms with Crippen LogP contribution in [0, 0.1) is 10.8 Å². The first-order chi connectivity index (χ1) is 9.23. The number of carboxylic acids is 1. The Bertz CT molecular complexity index is 351. The summed E-state index contributed by atoms with van der Waals surface area (Å²) in [6.07, 6.45) is 1.31. The molecule has 0 unspecified atom stereocenters. The van der Waals surface area contributed by atoms with Crippen molar-refractivity contribution in [2.75, 3.05) is 26.8 Å². The van der Waals surface area contributed by atoms with Gasteiger partial charge in [0.1, 0.15) is 6.04 Å². The Hall–Kier alpha value is -1.14. The Morgan fingerprint density at radius 2 is 1.90 bits per heavy atom. The first kappa shape index (κ1) is 16.9. The van der Waals surface area contributed by atoms with Gasteiger partial charge < -0.3 is 20.5 Å². The molecule has 1 saturated heterocycles. The second-order valence-electron chi connectivity index (χ2n) is 6.57. The van der Waals surface area contributed by atoms with Crippen LogP contribution in [0.2, 0.25) is 0 Å². The van der Waals surface area contributed by atoms with Crippen molar-refractivity contribution >= 4 is 11.9 Å². The van der Waals surface area contributed by atoms with Crippen LogP contribution in [0.1, 0.15) is 33.6 Å². The van der Waals surface area contributed by atoms with Crippen molar-refractivity contribution in [2.45, 2.75) is 39.7 Å². The molecule has 0 radical (unpaired) electrons. The topological polar surface area (TPSA) is 87.7 Å². The molecule has 0 aromatic rings. The minimum atomic E-state index is -1.01. The third-order valence-electron chi connectivity index (χ3n) is 3.85. The molecule has 1 heterocycles. The zero-order chi connectivity index (χ0) is 15.4.